The summed E-state index contributed by atoms with van der Waals surface area (Å²) in [5.74, 6) is -0.310. The minimum Gasteiger partial charge on any atom is -0.494 e. The van der Waals surface area contributed by atoms with Crippen molar-refractivity contribution in [2.75, 3.05) is 26.3 Å². The monoisotopic (exact) mass is 443 g/mol. The van der Waals surface area contributed by atoms with E-state index >= 15 is 0 Å². The van der Waals surface area contributed by atoms with E-state index in [-0.39, 0.29) is 10.5 Å². The van der Waals surface area contributed by atoms with Crippen molar-refractivity contribution in [1.82, 2.24) is 4.31 Å². The van der Waals surface area contributed by atoms with Crippen LogP contribution in [0.2, 0.25) is 0 Å². The van der Waals surface area contributed by atoms with Crippen LogP contribution in [0.25, 0.3) is 6.08 Å². The second-order valence-corrected chi connectivity index (χ2v) is 8.94. The predicted octanol–water partition coefficient (Wildman–Crippen LogP) is 3.31. The van der Waals surface area contributed by atoms with Crippen LogP contribution in [0, 0.1) is 0 Å². The quantitative estimate of drug-likeness (QED) is 0.336. The molecular formula is C23H25NO6S. The Labute approximate surface area is 182 Å². The van der Waals surface area contributed by atoms with Crippen LogP contribution in [-0.4, -0.2) is 50.8 Å². The zero-order valence-electron chi connectivity index (χ0n) is 17.3. The SMILES string of the molecule is CCOc1ccc(/C=C/C(=O)OCC(=O)c2ccc(S(=O)(=O)N3CCCC3)cc2)cc1. The Kier molecular flexibility index (Phi) is 7.59. The van der Waals surface area contributed by atoms with E-state index in [2.05, 4.69) is 0 Å². The zero-order chi connectivity index (χ0) is 22.3. The molecule has 2 aromatic carbocycles. The first-order valence-corrected chi connectivity index (χ1v) is 11.6. The Bertz CT molecular complexity index is 1040. The van der Waals surface area contributed by atoms with Crippen molar-refractivity contribution in [3.8, 4) is 5.75 Å². The molecule has 8 heteroatoms. The number of Topliss-reactive ketones (excluding diaryl/α,β-unsaturated/α-hetero) is 1. The summed E-state index contributed by atoms with van der Waals surface area (Å²) >= 11 is 0. The highest BCUT2D eigenvalue weighted by Crippen LogP contribution is 2.21. The van der Waals surface area contributed by atoms with Gasteiger partial charge in [-0.2, -0.15) is 4.31 Å². The fourth-order valence-electron chi connectivity index (χ4n) is 3.16. The minimum absolute atomic E-state index is 0.154. The van der Waals surface area contributed by atoms with E-state index in [1.165, 1.54) is 34.6 Å². The Morgan fingerprint density at radius 3 is 2.26 bits per heavy atom. The molecule has 7 nitrogen and oxygen atoms in total. The summed E-state index contributed by atoms with van der Waals surface area (Å²) in [5.41, 5.74) is 1.07. The Morgan fingerprint density at radius 1 is 1.00 bits per heavy atom. The molecule has 3 rings (SSSR count). The number of hydrogen-bond acceptors (Lipinski definition) is 6. The molecule has 2 aromatic rings. The number of hydrogen-bond donors (Lipinski definition) is 0. The summed E-state index contributed by atoms with van der Waals surface area (Å²) < 4.78 is 36.9. The third-order valence-electron chi connectivity index (χ3n) is 4.83. The van der Waals surface area contributed by atoms with Gasteiger partial charge in [-0.1, -0.05) is 12.1 Å². The molecule has 0 aliphatic carbocycles. The lowest BCUT2D eigenvalue weighted by Crippen LogP contribution is -2.27. The first-order chi connectivity index (χ1) is 14.9. The molecule has 0 aromatic heterocycles. The van der Waals surface area contributed by atoms with Crippen LogP contribution < -0.4 is 4.74 Å². The molecule has 0 spiro atoms. The van der Waals surface area contributed by atoms with Gasteiger partial charge in [0.1, 0.15) is 5.75 Å². The topological polar surface area (TPSA) is 90.0 Å². The number of carbonyl (C=O) groups excluding carboxylic acids is 2. The van der Waals surface area contributed by atoms with Crippen molar-refractivity contribution in [1.29, 1.82) is 0 Å². The van der Waals surface area contributed by atoms with Gasteiger partial charge in [0.2, 0.25) is 10.0 Å². The number of carbonyl (C=O) groups is 2. The van der Waals surface area contributed by atoms with Crippen LogP contribution in [0.5, 0.6) is 5.75 Å². The fraction of sp³-hybridized carbons (Fsp3) is 0.304. The van der Waals surface area contributed by atoms with Gasteiger partial charge in [-0.25, -0.2) is 13.2 Å². The third kappa shape index (κ3) is 6.02. The predicted molar refractivity (Wildman–Crippen MR) is 116 cm³/mol. The van der Waals surface area contributed by atoms with Crippen molar-refractivity contribution in [3.63, 3.8) is 0 Å². The maximum atomic E-state index is 12.5. The van der Waals surface area contributed by atoms with E-state index in [1.54, 1.807) is 30.3 Å². The minimum atomic E-state index is -3.53. The van der Waals surface area contributed by atoms with Crippen molar-refractivity contribution in [3.05, 3.63) is 65.7 Å². The van der Waals surface area contributed by atoms with Gasteiger partial charge in [0.15, 0.2) is 12.4 Å². The number of benzene rings is 2. The Morgan fingerprint density at radius 2 is 1.65 bits per heavy atom. The molecule has 1 aliphatic rings. The Hall–Kier alpha value is -2.97. The van der Waals surface area contributed by atoms with E-state index in [1.807, 2.05) is 6.92 Å². The molecule has 1 fully saturated rings. The molecule has 164 valence electrons. The summed E-state index contributed by atoms with van der Waals surface area (Å²) in [6.45, 7) is 3.08. The second kappa shape index (κ2) is 10.4. The normalized spacial score (nSPS) is 14.6. The molecule has 0 saturated carbocycles. The lowest BCUT2D eigenvalue weighted by Gasteiger charge is -2.15. The smallest absolute Gasteiger partial charge is 0.331 e. The summed E-state index contributed by atoms with van der Waals surface area (Å²) in [7, 11) is -3.53. The largest absolute Gasteiger partial charge is 0.494 e. The molecule has 0 N–H and O–H groups in total. The first-order valence-electron chi connectivity index (χ1n) is 10.1. The second-order valence-electron chi connectivity index (χ2n) is 7.00. The fourth-order valence-corrected chi connectivity index (χ4v) is 4.68. The van der Waals surface area contributed by atoms with Gasteiger partial charge < -0.3 is 9.47 Å². The maximum Gasteiger partial charge on any atom is 0.331 e. The number of esters is 1. The van der Waals surface area contributed by atoms with E-state index in [0.29, 0.717) is 19.7 Å². The van der Waals surface area contributed by atoms with E-state index in [4.69, 9.17) is 9.47 Å². The molecule has 0 bridgehead atoms. The summed E-state index contributed by atoms with van der Waals surface area (Å²) in [4.78, 5) is 24.3. The number of sulfonamides is 1. The number of nitrogens with zero attached hydrogens (tertiary/aromatic N) is 1. The highest BCUT2D eigenvalue weighted by atomic mass is 32.2. The standard InChI is InChI=1S/C23H25NO6S/c1-2-29-20-10-5-18(6-11-20)7-14-23(26)30-17-22(25)19-8-12-21(13-9-19)31(27,28)24-15-3-4-16-24/h5-14H,2-4,15-17H2,1H3/b14-7+. The molecule has 0 unspecified atom stereocenters. The van der Waals surface area contributed by atoms with Crippen LogP contribution in [0.3, 0.4) is 0 Å². The third-order valence-corrected chi connectivity index (χ3v) is 6.74. The van der Waals surface area contributed by atoms with Gasteiger partial charge in [0, 0.05) is 24.7 Å². The Balaban J connectivity index is 1.52. The van der Waals surface area contributed by atoms with Crippen molar-refractivity contribution < 1.29 is 27.5 Å². The van der Waals surface area contributed by atoms with E-state index < -0.39 is 28.4 Å². The van der Waals surface area contributed by atoms with Gasteiger partial charge in [-0.15, -0.1) is 0 Å². The lowest BCUT2D eigenvalue weighted by molar-refractivity contribution is -0.136. The molecule has 1 aliphatic heterocycles. The highest BCUT2D eigenvalue weighted by Gasteiger charge is 2.27. The molecule has 0 amide bonds. The molecule has 1 saturated heterocycles. The summed E-state index contributed by atoms with van der Waals surface area (Å²) in [6.07, 6.45) is 4.54. The average Bonchev–Trinajstić information content (AvgIpc) is 3.33. The van der Waals surface area contributed by atoms with E-state index in [9.17, 15) is 18.0 Å². The first kappa shape index (κ1) is 22.7. The summed E-state index contributed by atoms with van der Waals surface area (Å²) in [6, 6.07) is 12.9. The number of ketones is 1. The van der Waals surface area contributed by atoms with Crippen molar-refractivity contribution in [2.24, 2.45) is 0 Å². The molecular weight excluding hydrogens is 418 g/mol. The van der Waals surface area contributed by atoms with Gasteiger partial charge in [0.05, 0.1) is 11.5 Å². The van der Waals surface area contributed by atoms with Crippen LogP contribution in [-0.2, 0) is 19.6 Å². The van der Waals surface area contributed by atoms with Crippen LogP contribution in [0.4, 0.5) is 0 Å². The van der Waals surface area contributed by atoms with Gasteiger partial charge in [-0.05, 0) is 67.8 Å². The molecule has 0 radical (unpaired) electrons. The molecule has 1 heterocycles. The van der Waals surface area contributed by atoms with Crippen LogP contribution in [0.15, 0.2) is 59.5 Å². The van der Waals surface area contributed by atoms with Crippen LogP contribution in [0.1, 0.15) is 35.7 Å². The summed E-state index contributed by atoms with van der Waals surface area (Å²) in [5, 5.41) is 0. The number of ether oxygens (including phenoxy) is 2. The zero-order valence-corrected chi connectivity index (χ0v) is 18.1. The lowest BCUT2D eigenvalue weighted by atomic mass is 10.1. The molecule has 31 heavy (non-hydrogen) atoms. The maximum absolute atomic E-state index is 12.5. The molecule has 0 atom stereocenters. The van der Waals surface area contributed by atoms with Gasteiger partial charge >= 0.3 is 5.97 Å². The number of rotatable bonds is 9. The van der Waals surface area contributed by atoms with Gasteiger partial charge in [-0.3, -0.25) is 4.79 Å². The van der Waals surface area contributed by atoms with Crippen molar-refractivity contribution in [2.45, 2.75) is 24.7 Å². The van der Waals surface area contributed by atoms with Crippen molar-refractivity contribution >= 4 is 27.9 Å². The van der Waals surface area contributed by atoms with Gasteiger partial charge in [0.25, 0.3) is 0 Å². The van der Waals surface area contributed by atoms with Crippen LogP contribution >= 0.6 is 0 Å². The highest BCUT2D eigenvalue weighted by molar-refractivity contribution is 7.89. The average molecular weight is 444 g/mol. The van der Waals surface area contributed by atoms with E-state index in [0.717, 1.165) is 24.2 Å².